The number of aliphatic imine (C=N–C) groups is 1. The number of anilines is 1. The third kappa shape index (κ3) is 1.80. The fourth-order valence-corrected chi connectivity index (χ4v) is 2.54. The van der Waals surface area contributed by atoms with E-state index in [1.807, 2.05) is 30.4 Å². The van der Waals surface area contributed by atoms with Crippen LogP contribution in [0, 0.1) is 0 Å². The first-order valence-corrected chi connectivity index (χ1v) is 6.21. The van der Waals surface area contributed by atoms with E-state index in [-0.39, 0.29) is 6.04 Å². The van der Waals surface area contributed by atoms with Crippen molar-refractivity contribution in [2.45, 2.75) is 6.04 Å². The molecule has 0 saturated carbocycles. The lowest BCUT2D eigenvalue weighted by Crippen LogP contribution is -2.27. The van der Waals surface area contributed by atoms with Gasteiger partial charge in [0.2, 0.25) is 5.90 Å². The Bertz CT molecular complexity index is 605. The van der Waals surface area contributed by atoms with Crippen molar-refractivity contribution < 1.29 is 4.74 Å². The minimum atomic E-state index is -0.0395. The first-order chi connectivity index (χ1) is 8.69. The number of hydrogen-bond acceptors (Lipinski definition) is 3. The number of fused-ring (bicyclic) bond motifs is 2. The molecule has 0 amide bonds. The van der Waals surface area contributed by atoms with Crippen LogP contribution < -0.4 is 5.32 Å². The van der Waals surface area contributed by atoms with Gasteiger partial charge in [-0.3, -0.25) is 0 Å². The summed E-state index contributed by atoms with van der Waals surface area (Å²) in [5, 5.41) is 4.64. The van der Waals surface area contributed by atoms with Crippen molar-refractivity contribution >= 4 is 39.8 Å². The summed E-state index contributed by atoms with van der Waals surface area (Å²) < 4.78 is 5.12. The Kier molecular flexibility index (Phi) is 2.80. The number of halogens is 2. The number of hydrogen-bond donors (Lipinski definition) is 1. The third-order valence-corrected chi connectivity index (χ3v) is 3.55. The molecule has 2 aliphatic rings. The number of methoxy groups -OCH3 is 1. The number of benzene rings is 1. The Labute approximate surface area is 115 Å². The van der Waals surface area contributed by atoms with Crippen LogP contribution in [-0.4, -0.2) is 19.0 Å². The minimum Gasteiger partial charge on any atom is -0.481 e. The molecule has 92 valence electrons. The topological polar surface area (TPSA) is 33.6 Å². The maximum Gasteiger partial charge on any atom is 0.213 e. The van der Waals surface area contributed by atoms with E-state index in [9.17, 15) is 0 Å². The lowest BCUT2D eigenvalue weighted by atomic mass is 10.0. The van der Waals surface area contributed by atoms with Gasteiger partial charge in [0.25, 0.3) is 0 Å². The molecule has 2 heterocycles. The molecule has 0 aromatic heterocycles. The summed E-state index contributed by atoms with van der Waals surface area (Å²) in [5.74, 6) is 0.554. The molecule has 3 nitrogen and oxygen atoms in total. The molecule has 18 heavy (non-hydrogen) atoms. The number of dihydropyridines is 1. The Morgan fingerprint density at radius 2 is 2.17 bits per heavy atom. The Balaban J connectivity index is 2.15. The molecule has 0 spiro atoms. The molecule has 3 rings (SSSR count). The highest BCUT2D eigenvalue weighted by Crippen LogP contribution is 2.39. The van der Waals surface area contributed by atoms with Gasteiger partial charge in [0, 0.05) is 16.3 Å². The Hall–Kier alpha value is -1.45. The molecular formula is C13H10Cl2N2O. The predicted octanol–water partition coefficient (Wildman–Crippen LogP) is 3.66. The van der Waals surface area contributed by atoms with E-state index in [1.165, 1.54) is 0 Å². The lowest BCUT2D eigenvalue weighted by Gasteiger charge is -2.28. The summed E-state index contributed by atoms with van der Waals surface area (Å²) in [6, 6.07) is 5.52. The van der Waals surface area contributed by atoms with Gasteiger partial charge >= 0.3 is 0 Å². The molecule has 0 aliphatic carbocycles. The second-order valence-electron chi connectivity index (χ2n) is 4.02. The lowest BCUT2D eigenvalue weighted by molar-refractivity contribution is 0.405. The maximum atomic E-state index is 6.40. The van der Waals surface area contributed by atoms with Crippen LogP contribution in [0.3, 0.4) is 0 Å². The molecule has 1 aromatic carbocycles. The standard InChI is InChI=1S/C13H10Cl2N2O/c1-18-11-5-4-9-13(17-11)12(15)8-3-2-7(14)6-10(8)16-9/h2-6,9,16H,1H3. The van der Waals surface area contributed by atoms with E-state index >= 15 is 0 Å². The first kappa shape index (κ1) is 11.6. The summed E-state index contributed by atoms with van der Waals surface area (Å²) in [6.07, 6.45) is 3.79. The second kappa shape index (κ2) is 4.34. The van der Waals surface area contributed by atoms with Crippen LogP contribution in [0.4, 0.5) is 5.69 Å². The molecule has 0 bridgehead atoms. The summed E-state index contributed by atoms with van der Waals surface area (Å²) in [6.45, 7) is 0. The van der Waals surface area contributed by atoms with E-state index < -0.39 is 0 Å². The fraction of sp³-hybridized carbons (Fsp3) is 0.154. The van der Waals surface area contributed by atoms with E-state index in [1.54, 1.807) is 7.11 Å². The Morgan fingerprint density at radius 3 is 2.94 bits per heavy atom. The van der Waals surface area contributed by atoms with Gasteiger partial charge in [0.05, 0.1) is 23.9 Å². The van der Waals surface area contributed by atoms with Gasteiger partial charge in [-0.1, -0.05) is 29.3 Å². The van der Waals surface area contributed by atoms with Crippen LogP contribution in [0.2, 0.25) is 5.02 Å². The quantitative estimate of drug-likeness (QED) is 0.787. The van der Waals surface area contributed by atoms with Crippen molar-refractivity contribution in [3.05, 3.63) is 46.6 Å². The maximum absolute atomic E-state index is 6.40. The van der Waals surface area contributed by atoms with E-state index in [0.29, 0.717) is 16.0 Å². The largest absolute Gasteiger partial charge is 0.481 e. The fourth-order valence-electron chi connectivity index (χ4n) is 2.04. The number of rotatable bonds is 0. The van der Waals surface area contributed by atoms with Crippen molar-refractivity contribution in [3.8, 4) is 0 Å². The smallest absolute Gasteiger partial charge is 0.213 e. The molecule has 0 fully saturated rings. The zero-order chi connectivity index (χ0) is 12.7. The average molecular weight is 281 g/mol. The molecule has 5 heteroatoms. The SMILES string of the molecule is COC1=NC2=C(Cl)c3ccc(Cl)cc3NC2C=C1. The highest BCUT2D eigenvalue weighted by molar-refractivity contribution is 6.50. The van der Waals surface area contributed by atoms with Gasteiger partial charge in [-0.05, 0) is 24.3 Å². The van der Waals surface area contributed by atoms with Crippen LogP contribution in [0.15, 0.2) is 41.0 Å². The summed E-state index contributed by atoms with van der Waals surface area (Å²) in [4.78, 5) is 4.38. The minimum absolute atomic E-state index is 0.0395. The monoisotopic (exact) mass is 280 g/mol. The van der Waals surface area contributed by atoms with Crippen molar-refractivity contribution in [3.63, 3.8) is 0 Å². The van der Waals surface area contributed by atoms with Gasteiger partial charge in [-0.25, -0.2) is 4.99 Å². The van der Waals surface area contributed by atoms with Crippen LogP contribution in [0.5, 0.6) is 0 Å². The van der Waals surface area contributed by atoms with Gasteiger partial charge in [-0.2, -0.15) is 0 Å². The van der Waals surface area contributed by atoms with Gasteiger partial charge in [0.15, 0.2) is 0 Å². The van der Waals surface area contributed by atoms with Crippen LogP contribution in [-0.2, 0) is 4.74 Å². The van der Waals surface area contributed by atoms with Crippen LogP contribution in [0.25, 0.3) is 5.03 Å². The predicted molar refractivity (Wildman–Crippen MR) is 75.2 cm³/mol. The van der Waals surface area contributed by atoms with Crippen molar-refractivity contribution in [1.29, 1.82) is 0 Å². The summed E-state index contributed by atoms with van der Waals surface area (Å²) >= 11 is 12.4. The molecule has 1 N–H and O–H groups in total. The van der Waals surface area contributed by atoms with E-state index in [2.05, 4.69) is 10.3 Å². The van der Waals surface area contributed by atoms with Crippen LogP contribution in [0.1, 0.15) is 5.56 Å². The van der Waals surface area contributed by atoms with Gasteiger partial charge in [0.1, 0.15) is 0 Å². The normalized spacial score (nSPS) is 20.8. The first-order valence-electron chi connectivity index (χ1n) is 5.46. The number of nitrogens with one attached hydrogen (secondary N) is 1. The molecule has 2 aliphatic heterocycles. The van der Waals surface area contributed by atoms with Crippen LogP contribution >= 0.6 is 23.2 Å². The molecule has 0 radical (unpaired) electrons. The van der Waals surface area contributed by atoms with Crippen molar-refractivity contribution in [1.82, 2.24) is 0 Å². The number of nitrogens with zero attached hydrogens (tertiary/aromatic N) is 1. The number of ether oxygens (including phenoxy) is 1. The van der Waals surface area contributed by atoms with Gasteiger partial charge in [-0.15, -0.1) is 0 Å². The molecule has 1 atom stereocenters. The molecule has 1 aromatic rings. The summed E-state index contributed by atoms with van der Waals surface area (Å²) in [5.41, 5.74) is 2.59. The van der Waals surface area contributed by atoms with E-state index in [0.717, 1.165) is 16.9 Å². The molecule has 1 unspecified atom stereocenters. The second-order valence-corrected chi connectivity index (χ2v) is 4.84. The average Bonchev–Trinajstić information content (AvgIpc) is 2.38. The summed E-state index contributed by atoms with van der Waals surface area (Å²) in [7, 11) is 1.59. The zero-order valence-corrected chi connectivity index (χ0v) is 11.1. The van der Waals surface area contributed by atoms with Crippen molar-refractivity contribution in [2.75, 3.05) is 12.4 Å². The molecular weight excluding hydrogens is 271 g/mol. The molecule has 0 saturated heterocycles. The third-order valence-electron chi connectivity index (χ3n) is 2.92. The highest BCUT2D eigenvalue weighted by atomic mass is 35.5. The zero-order valence-electron chi connectivity index (χ0n) is 9.58. The Morgan fingerprint density at radius 1 is 1.33 bits per heavy atom. The van der Waals surface area contributed by atoms with Gasteiger partial charge < -0.3 is 10.1 Å². The van der Waals surface area contributed by atoms with Crippen molar-refractivity contribution in [2.24, 2.45) is 4.99 Å². The highest BCUT2D eigenvalue weighted by Gasteiger charge is 2.26. The van der Waals surface area contributed by atoms with E-state index in [4.69, 9.17) is 27.9 Å².